The summed E-state index contributed by atoms with van der Waals surface area (Å²) >= 11 is 0. The number of hydrogen-bond donors (Lipinski definition) is 1. The molecule has 19 heavy (non-hydrogen) atoms. The first-order valence-electron chi connectivity index (χ1n) is 5.66. The van der Waals surface area contributed by atoms with Gasteiger partial charge < -0.3 is 5.32 Å². The lowest BCUT2D eigenvalue weighted by molar-refractivity contribution is 0.258. The van der Waals surface area contributed by atoms with Crippen LogP contribution in [0, 0.1) is 11.3 Å². The summed E-state index contributed by atoms with van der Waals surface area (Å²) in [6.45, 7) is 0. The Kier molecular flexibility index (Phi) is 3.74. The second kappa shape index (κ2) is 5.65. The van der Waals surface area contributed by atoms with Crippen molar-refractivity contribution >= 4 is 17.5 Å². The average Bonchev–Trinajstić information content (AvgIpc) is 2.47. The highest BCUT2D eigenvalue weighted by Crippen LogP contribution is 2.12. The second-order valence-electron chi connectivity index (χ2n) is 3.87. The summed E-state index contributed by atoms with van der Waals surface area (Å²) in [5.41, 5.74) is 1.17. The average molecular weight is 252 g/mol. The van der Waals surface area contributed by atoms with E-state index in [0.717, 1.165) is 0 Å². The molecular formula is C14H12N4O. The Morgan fingerprint density at radius 3 is 2.58 bits per heavy atom. The molecule has 0 bridgehead atoms. The van der Waals surface area contributed by atoms with Gasteiger partial charge in [-0.15, -0.1) is 0 Å². The van der Waals surface area contributed by atoms with Gasteiger partial charge in [0.25, 0.3) is 0 Å². The van der Waals surface area contributed by atoms with Crippen LogP contribution in [-0.4, -0.2) is 18.1 Å². The number of hydrogen-bond acceptors (Lipinski definition) is 3. The highest BCUT2D eigenvalue weighted by atomic mass is 16.2. The molecule has 94 valence electrons. The Hall–Kier alpha value is -2.87. The summed E-state index contributed by atoms with van der Waals surface area (Å²) in [6.07, 6.45) is 1.43. The zero-order valence-electron chi connectivity index (χ0n) is 10.4. The van der Waals surface area contributed by atoms with Gasteiger partial charge in [-0.1, -0.05) is 18.2 Å². The minimum atomic E-state index is -0.289. The van der Waals surface area contributed by atoms with Crippen LogP contribution in [0.2, 0.25) is 0 Å². The van der Waals surface area contributed by atoms with Gasteiger partial charge in [0, 0.05) is 18.9 Å². The van der Waals surface area contributed by atoms with Crippen LogP contribution >= 0.6 is 0 Å². The standard InChI is InChI=1S/C14H12N4O/c1-18(13-8-7-11(9-15)10-16-13)14(19)17-12-5-3-2-4-6-12/h2-8,10H,1H3,(H,17,19). The van der Waals surface area contributed by atoms with E-state index >= 15 is 0 Å². The summed E-state index contributed by atoms with van der Waals surface area (Å²) in [5, 5.41) is 11.4. The van der Waals surface area contributed by atoms with E-state index < -0.39 is 0 Å². The van der Waals surface area contributed by atoms with Gasteiger partial charge in [0.05, 0.1) is 5.56 Å². The molecule has 1 heterocycles. The normalized spacial score (nSPS) is 9.47. The highest BCUT2D eigenvalue weighted by molar-refractivity contribution is 6.00. The van der Waals surface area contributed by atoms with Gasteiger partial charge in [0.2, 0.25) is 0 Å². The topological polar surface area (TPSA) is 69.0 Å². The fourth-order valence-corrected chi connectivity index (χ4v) is 1.48. The van der Waals surface area contributed by atoms with Crippen LogP contribution < -0.4 is 10.2 Å². The number of urea groups is 1. The maximum atomic E-state index is 12.0. The summed E-state index contributed by atoms with van der Waals surface area (Å²) in [7, 11) is 1.62. The van der Waals surface area contributed by atoms with Crippen LogP contribution in [0.3, 0.4) is 0 Å². The molecule has 2 amide bonds. The largest absolute Gasteiger partial charge is 0.327 e. The maximum Gasteiger partial charge on any atom is 0.327 e. The van der Waals surface area contributed by atoms with Crippen LogP contribution in [0.5, 0.6) is 0 Å². The Morgan fingerprint density at radius 1 is 1.26 bits per heavy atom. The molecule has 5 heteroatoms. The van der Waals surface area contributed by atoms with Crippen molar-refractivity contribution in [2.45, 2.75) is 0 Å². The molecule has 2 aromatic rings. The van der Waals surface area contributed by atoms with E-state index in [1.165, 1.54) is 11.1 Å². The van der Waals surface area contributed by atoms with Crippen LogP contribution in [0.4, 0.5) is 16.3 Å². The molecule has 0 saturated heterocycles. The lowest BCUT2D eigenvalue weighted by atomic mass is 10.3. The molecule has 5 nitrogen and oxygen atoms in total. The fraction of sp³-hybridized carbons (Fsp3) is 0.0714. The van der Waals surface area contributed by atoms with Crippen LogP contribution in [0.25, 0.3) is 0 Å². The molecule has 1 N–H and O–H groups in total. The van der Waals surface area contributed by atoms with Gasteiger partial charge >= 0.3 is 6.03 Å². The van der Waals surface area contributed by atoms with E-state index in [-0.39, 0.29) is 6.03 Å². The minimum absolute atomic E-state index is 0.289. The first-order chi connectivity index (χ1) is 9.20. The highest BCUT2D eigenvalue weighted by Gasteiger charge is 2.11. The number of anilines is 2. The summed E-state index contributed by atoms with van der Waals surface area (Å²) < 4.78 is 0. The van der Waals surface area contributed by atoms with Crippen molar-refractivity contribution < 1.29 is 4.79 Å². The van der Waals surface area contributed by atoms with E-state index in [2.05, 4.69) is 10.3 Å². The zero-order valence-corrected chi connectivity index (χ0v) is 10.4. The summed E-state index contributed by atoms with van der Waals surface area (Å²) in [5.74, 6) is 0.479. The molecule has 0 atom stereocenters. The molecule has 0 aliphatic rings. The van der Waals surface area contributed by atoms with Crippen LogP contribution in [0.1, 0.15) is 5.56 Å². The van der Waals surface area contributed by atoms with Gasteiger partial charge in [-0.05, 0) is 24.3 Å². The minimum Gasteiger partial charge on any atom is -0.308 e. The summed E-state index contributed by atoms with van der Waals surface area (Å²) in [4.78, 5) is 17.4. The number of aromatic nitrogens is 1. The third-order valence-corrected chi connectivity index (χ3v) is 2.55. The molecule has 0 saturated carbocycles. The van der Waals surface area contributed by atoms with Crippen molar-refractivity contribution in [3.05, 3.63) is 54.2 Å². The second-order valence-corrected chi connectivity index (χ2v) is 3.87. The number of nitrogens with one attached hydrogen (secondary N) is 1. The van der Waals surface area contributed by atoms with E-state index in [0.29, 0.717) is 17.1 Å². The van der Waals surface area contributed by atoms with E-state index in [4.69, 9.17) is 5.26 Å². The van der Waals surface area contributed by atoms with Gasteiger partial charge in [0.1, 0.15) is 11.9 Å². The van der Waals surface area contributed by atoms with Gasteiger partial charge in [0.15, 0.2) is 0 Å². The Labute approximate surface area is 111 Å². The fourth-order valence-electron chi connectivity index (χ4n) is 1.48. The third kappa shape index (κ3) is 3.07. The van der Waals surface area contributed by atoms with E-state index in [1.54, 1.807) is 31.3 Å². The lowest BCUT2D eigenvalue weighted by Gasteiger charge is -2.16. The Morgan fingerprint density at radius 2 is 2.00 bits per heavy atom. The third-order valence-electron chi connectivity index (χ3n) is 2.55. The van der Waals surface area contributed by atoms with E-state index in [9.17, 15) is 4.79 Å². The summed E-state index contributed by atoms with van der Waals surface area (Å²) in [6, 6.07) is 14.1. The monoisotopic (exact) mass is 252 g/mol. The number of para-hydroxylation sites is 1. The molecule has 0 radical (unpaired) electrons. The number of rotatable bonds is 2. The van der Waals surface area contributed by atoms with Crippen molar-refractivity contribution in [3.8, 4) is 6.07 Å². The lowest BCUT2D eigenvalue weighted by Crippen LogP contribution is -2.31. The first-order valence-corrected chi connectivity index (χ1v) is 5.66. The predicted octanol–water partition coefficient (Wildman–Crippen LogP) is 2.62. The molecule has 0 aliphatic carbocycles. The van der Waals surface area contributed by atoms with Crippen molar-refractivity contribution in [2.75, 3.05) is 17.3 Å². The van der Waals surface area contributed by atoms with Crippen LogP contribution in [-0.2, 0) is 0 Å². The smallest absolute Gasteiger partial charge is 0.308 e. The van der Waals surface area contributed by atoms with Crippen molar-refractivity contribution in [2.24, 2.45) is 0 Å². The number of pyridine rings is 1. The molecule has 1 aromatic carbocycles. The SMILES string of the molecule is CN(C(=O)Nc1ccccc1)c1ccc(C#N)cn1. The molecule has 0 fully saturated rings. The zero-order chi connectivity index (χ0) is 13.7. The van der Waals surface area contributed by atoms with E-state index in [1.807, 2.05) is 24.3 Å². The maximum absolute atomic E-state index is 12.0. The number of carbonyl (C=O) groups excluding carboxylic acids is 1. The molecule has 1 aromatic heterocycles. The number of amides is 2. The number of carbonyl (C=O) groups is 1. The molecular weight excluding hydrogens is 240 g/mol. The first kappa shape index (κ1) is 12.6. The molecule has 0 unspecified atom stereocenters. The van der Waals surface area contributed by atoms with Crippen molar-refractivity contribution in [3.63, 3.8) is 0 Å². The van der Waals surface area contributed by atoms with Gasteiger partial charge in [-0.2, -0.15) is 5.26 Å². The van der Waals surface area contributed by atoms with Crippen molar-refractivity contribution in [1.29, 1.82) is 5.26 Å². The number of nitrogens with zero attached hydrogens (tertiary/aromatic N) is 3. The Bertz CT molecular complexity index is 602. The van der Waals surface area contributed by atoms with Gasteiger partial charge in [-0.3, -0.25) is 4.90 Å². The van der Waals surface area contributed by atoms with Crippen molar-refractivity contribution in [1.82, 2.24) is 4.98 Å². The quantitative estimate of drug-likeness (QED) is 0.893. The number of benzene rings is 1. The molecule has 2 rings (SSSR count). The molecule has 0 aliphatic heterocycles. The number of nitriles is 1. The van der Waals surface area contributed by atoms with Crippen LogP contribution in [0.15, 0.2) is 48.7 Å². The Balaban J connectivity index is 2.08. The molecule has 0 spiro atoms. The van der Waals surface area contributed by atoms with Gasteiger partial charge in [-0.25, -0.2) is 9.78 Å². The predicted molar refractivity (Wildman–Crippen MR) is 72.8 cm³/mol.